The molecule has 1 aromatic rings. The summed E-state index contributed by atoms with van der Waals surface area (Å²) in [6.07, 6.45) is 5.94. The molecule has 2 aliphatic rings. The van der Waals surface area contributed by atoms with Gasteiger partial charge < -0.3 is 4.90 Å². The molecule has 1 saturated heterocycles. The SMILES string of the molecule is C[C@]12CCN(c3cncc(Cl)n3)[C@@H]1C2. The van der Waals surface area contributed by atoms with E-state index in [0.717, 1.165) is 12.4 Å². The number of rotatable bonds is 1. The topological polar surface area (TPSA) is 29.0 Å². The number of hydrogen-bond acceptors (Lipinski definition) is 3. The maximum absolute atomic E-state index is 5.82. The molecule has 2 heterocycles. The minimum atomic E-state index is 0.483. The second kappa shape index (κ2) is 2.60. The second-order valence-electron chi connectivity index (χ2n) is 4.52. The minimum absolute atomic E-state index is 0.483. The van der Waals surface area contributed by atoms with Gasteiger partial charge >= 0.3 is 0 Å². The van der Waals surface area contributed by atoms with Crippen LogP contribution in [0.5, 0.6) is 0 Å². The standard InChI is InChI=1S/C10H12ClN3/c1-10-2-3-14(7(10)4-10)9-6-12-5-8(11)13-9/h5-7H,2-4H2,1H3/t7-,10-/m1/s1. The summed E-state index contributed by atoms with van der Waals surface area (Å²) in [7, 11) is 0. The number of nitrogens with zero attached hydrogens (tertiary/aromatic N) is 3. The van der Waals surface area contributed by atoms with Crippen molar-refractivity contribution < 1.29 is 0 Å². The molecular weight excluding hydrogens is 198 g/mol. The molecule has 0 aromatic carbocycles. The van der Waals surface area contributed by atoms with Crippen LogP contribution in [0.1, 0.15) is 19.8 Å². The predicted octanol–water partition coefficient (Wildman–Crippen LogP) is 2.12. The molecule has 74 valence electrons. The zero-order valence-electron chi connectivity index (χ0n) is 8.07. The van der Waals surface area contributed by atoms with Crippen molar-refractivity contribution in [2.75, 3.05) is 11.4 Å². The van der Waals surface area contributed by atoms with Crippen molar-refractivity contribution in [2.45, 2.75) is 25.8 Å². The van der Waals surface area contributed by atoms with E-state index in [2.05, 4.69) is 21.8 Å². The van der Waals surface area contributed by atoms with Crippen LogP contribution < -0.4 is 4.90 Å². The summed E-state index contributed by atoms with van der Waals surface area (Å²) in [4.78, 5) is 10.7. The first-order chi connectivity index (χ1) is 6.69. The summed E-state index contributed by atoms with van der Waals surface area (Å²) >= 11 is 5.82. The van der Waals surface area contributed by atoms with Crippen LogP contribution in [0, 0.1) is 5.41 Å². The Bertz CT molecular complexity index is 381. The van der Waals surface area contributed by atoms with Crippen molar-refractivity contribution in [2.24, 2.45) is 5.41 Å². The predicted molar refractivity (Wildman–Crippen MR) is 55.5 cm³/mol. The second-order valence-corrected chi connectivity index (χ2v) is 4.90. The van der Waals surface area contributed by atoms with Gasteiger partial charge in [-0.3, -0.25) is 4.98 Å². The van der Waals surface area contributed by atoms with Gasteiger partial charge in [-0.05, 0) is 18.3 Å². The summed E-state index contributed by atoms with van der Waals surface area (Å²) in [6.45, 7) is 3.44. The number of halogens is 1. The van der Waals surface area contributed by atoms with Gasteiger partial charge in [-0.2, -0.15) is 0 Å². The molecule has 14 heavy (non-hydrogen) atoms. The van der Waals surface area contributed by atoms with Crippen molar-refractivity contribution in [3.05, 3.63) is 17.5 Å². The third kappa shape index (κ3) is 1.12. The Balaban J connectivity index is 1.90. The van der Waals surface area contributed by atoms with E-state index in [-0.39, 0.29) is 0 Å². The summed E-state index contributed by atoms with van der Waals surface area (Å²) < 4.78 is 0. The Labute approximate surface area is 88.1 Å². The molecule has 3 nitrogen and oxygen atoms in total. The van der Waals surface area contributed by atoms with E-state index < -0.39 is 0 Å². The van der Waals surface area contributed by atoms with Gasteiger partial charge in [-0.15, -0.1) is 0 Å². The zero-order valence-corrected chi connectivity index (χ0v) is 8.83. The van der Waals surface area contributed by atoms with Gasteiger partial charge in [-0.1, -0.05) is 18.5 Å². The molecule has 0 spiro atoms. The highest BCUT2D eigenvalue weighted by atomic mass is 35.5. The monoisotopic (exact) mass is 209 g/mol. The third-order valence-corrected chi connectivity index (χ3v) is 3.67. The molecule has 1 aromatic heterocycles. The Hall–Kier alpha value is -0.830. The van der Waals surface area contributed by atoms with Crippen molar-refractivity contribution in [3.63, 3.8) is 0 Å². The van der Waals surface area contributed by atoms with Gasteiger partial charge in [0, 0.05) is 12.6 Å². The fourth-order valence-corrected chi connectivity index (χ4v) is 2.56. The molecule has 2 fully saturated rings. The van der Waals surface area contributed by atoms with E-state index >= 15 is 0 Å². The summed E-state index contributed by atoms with van der Waals surface area (Å²) in [6, 6.07) is 0.676. The highest BCUT2D eigenvalue weighted by molar-refractivity contribution is 6.29. The van der Waals surface area contributed by atoms with E-state index in [0.29, 0.717) is 16.6 Å². The molecule has 0 unspecified atom stereocenters. The molecule has 1 aliphatic heterocycles. The van der Waals surface area contributed by atoms with Gasteiger partial charge in [0.05, 0.1) is 12.4 Å². The molecule has 0 bridgehead atoms. The molecule has 0 N–H and O–H groups in total. The first-order valence-electron chi connectivity index (χ1n) is 4.93. The highest BCUT2D eigenvalue weighted by Gasteiger charge is 2.57. The minimum Gasteiger partial charge on any atom is -0.352 e. The van der Waals surface area contributed by atoms with Crippen LogP contribution in [0.15, 0.2) is 12.4 Å². The molecule has 1 aliphatic carbocycles. The molecule has 3 rings (SSSR count). The normalized spacial score (nSPS) is 34.4. The maximum atomic E-state index is 5.82. The lowest BCUT2D eigenvalue weighted by Crippen LogP contribution is -2.23. The van der Waals surface area contributed by atoms with Crippen LogP contribution in [-0.4, -0.2) is 22.6 Å². The highest BCUT2D eigenvalue weighted by Crippen LogP contribution is 2.57. The van der Waals surface area contributed by atoms with Gasteiger partial charge in [-0.25, -0.2) is 4.98 Å². The Morgan fingerprint density at radius 1 is 1.57 bits per heavy atom. The summed E-state index contributed by atoms with van der Waals surface area (Å²) in [5.74, 6) is 0.934. The van der Waals surface area contributed by atoms with E-state index in [4.69, 9.17) is 11.6 Å². The number of anilines is 1. The average molecular weight is 210 g/mol. The molecule has 2 atom stereocenters. The van der Waals surface area contributed by atoms with E-state index in [9.17, 15) is 0 Å². The van der Waals surface area contributed by atoms with E-state index in [1.165, 1.54) is 12.8 Å². The van der Waals surface area contributed by atoms with Crippen molar-refractivity contribution in [3.8, 4) is 0 Å². The zero-order chi connectivity index (χ0) is 9.76. The van der Waals surface area contributed by atoms with Crippen molar-refractivity contribution in [1.82, 2.24) is 9.97 Å². The Morgan fingerprint density at radius 2 is 2.43 bits per heavy atom. The molecule has 0 amide bonds. The smallest absolute Gasteiger partial charge is 0.149 e. The van der Waals surface area contributed by atoms with Crippen molar-refractivity contribution in [1.29, 1.82) is 0 Å². The number of fused-ring (bicyclic) bond motifs is 1. The lowest BCUT2D eigenvalue weighted by molar-refractivity contribution is 0.575. The van der Waals surface area contributed by atoms with Crippen LogP contribution in [0.25, 0.3) is 0 Å². The summed E-state index contributed by atoms with van der Waals surface area (Å²) in [5.41, 5.74) is 0.546. The largest absolute Gasteiger partial charge is 0.352 e. The lowest BCUT2D eigenvalue weighted by Gasteiger charge is -2.18. The molecule has 4 heteroatoms. The van der Waals surface area contributed by atoms with E-state index in [1.807, 2.05) is 0 Å². The Morgan fingerprint density at radius 3 is 3.00 bits per heavy atom. The maximum Gasteiger partial charge on any atom is 0.149 e. The number of hydrogen-bond donors (Lipinski definition) is 0. The van der Waals surface area contributed by atoms with Crippen LogP contribution in [0.3, 0.4) is 0 Å². The van der Waals surface area contributed by atoms with E-state index in [1.54, 1.807) is 12.4 Å². The third-order valence-electron chi connectivity index (χ3n) is 3.49. The van der Waals surface area contributed by atoms with Crippen LogP contribution >= 0.6 is 11.6 Å². The summed E-state index contributed by atoms with van der Waals surface area (Å²) in [5, 5.41) is 0.483. The molecular formula is C10H12ClN3. The van der Waals surface area contributed by atoms with Gasteiger partial charge in [0.2, 0.25) is 0 Å². The van der Waals surface area contributed by atoms with Crippen LogP contribution in [-0.2, 0) is 0 Å². The quantitative estimate of drug-likeness (QED) is 0.710. The number of piperidine rings is 1. The number of aromatic nitrogens is 2. The van der Waals surface area contributed by atoms with Crippen molar-refractivity contribution >= 4 is 17.4 Å². The molecule has 0 radical (unpaired) electrons. The lowest BCUT2D eigenvalue weighted by atomic mass is 10.1. The first-order valence-corrected chi connectivity index (χ1v) is 5.31. The molecule has 1 saturated carbocycles. The van der Waals surface area contributed by atoms with Gasteiger partial charge in [0.15, 0.2) is 0 Å². The average Bonchev–Trinajstić information content (AvgIpc) is 2.70. The van der Waals surface area contributed by atoms with Crippen LogP contribution in [0.4, 0.5) is 5.82 Å². The fourth-order valence-electron chi connectivity index (χ4n) is 2.41. The van der Waals surface area contributed by atoms with Gasteiger partial charge in [0.1, 0.15) is 11.0 Å². The Kier molecular flexibility index (Phi) is 1.57. The van der Waals surface area contributed by atoms with Gasteiger partial charge in [0.25, 0.3) is 0 Å². The first kappa shape index (κ1) is 8.48. The van der Waals surface area contributed by atoms with Crippen LogP contribution in [0.2, 0.25) is 5.15 Å². The fraction of sp³-hybridized carbons (Fsp3) is 0.600.